The maximum absolute atomic E-state index is 12.1. The van der Waals surface area contributed by atoms with Gasteiger partial charge in [0.15, 0.2) is 0 Å². The van der Waals surface area contributed by atoms with E-state index in [4.69, 9.17) is 0 Å². The minimum atomic E-state index is 0.00583. The number of anilines is 1. The van der Waals surface area contributed by atoms with Crippen LogP contribution in [0.5, 0.6) is 0 Å². The van der Waals surface area contributed by atoms with Gasteiger partial charge in [-0.25, -0.2) is 0 Å². The van der Waals surface area contributed by atoms with Crippen LogP contribution in [-0.2, 0) is 29.0 Å². The number of carbonyl (C=O) groups excluding carboxylic acids is 2. The largest absolute Gasteiger partial charge is 0.352 e. The fourth-order valence-corrected chi connectivity index (χ4v) is 2.82. The fraction of sp³-hybridized carbons (Fsp3) is 0.263. The van der Waals surface area contributed by atoms with Crippen LogP contribution in [0, 0.1) is 6.92 Å². The molecule has 3 rings (SSSR count). The molecule has 23 heavy (non-hydrogen) atoms. The Bertz CT molecular complexity index is 753. The normalized spacial score (nSPS) is 13.2. The van der Waals surface area contributed by atoms with Crippen molar-refractivity contribution in [3.8, 4) is 0 Å². The quantitative estimate of drug-likeness (QED) is 0.912. The molecule has 1 aliphatic rings. The fourth-order valence-electron chi connectivity index (χ4n) is 2.82. The van der Waals surface area contributed by atoms with Crippen LogP contribution in [0.15, 0.2) is 42.5 Å². The lowest BCUT2D eigenvalue weighted by Crippen LogP contribution is -2.25. The van der Waals surface area contributed by atoms with E-state index in [0.717, 1.165) is 28.8 Å². The molecule has 0 fully saturated rings. The van der Waals surface area contributed by atoms with Crippen molar-refractivity contribution < 1.29 is 9.59 Å². The summed E-state index contributed by atoms with van der Waals surface area (Å²) >= 11 is 0. The Hall–Kier alpha value is -2.62. The van der Waals surface area contributed by atoms with Crippen LogP contribution in [0.2, 0.25) is 0 Å². The highest BCUT2D eigenvalue weighted by Crippen LogP contribution is 2.23. The van der Waals surface area contributed by atoms with E-state index in [1.54, 1.807) is 0 Å². The molecule has 118 valence electrons. The molecule has 1 heterocycles. The first kappa shape index (κ1) is 15.3. The van der Waals surface area contributed by atoms with Gasteiger partial charge in [-0.15, -0.1) is 0 Å². The van der Waals surface area contributed by atoms with Crippen molar-refractivity contribution in [1.29, 1.82) is 0 Å². The SMILES string of the molecule is Cc1cccc(CNC(=O)Cc2ccc3c(c2)CCC(=O)N3)c1. The maximum atomic E-state index is 12.1. The van der Waals surface area contributed by atoms with Crippen molar-refractivity contribution in [2.75, 3.05) is 5.32 Å². The van der Waals surface area contributed by atoms with Crippen LogP contribution >= 0.6 is 0 Å². The Morgan fingerprint density at radius 1 is 1.13 bits per heavy atom. The van der Waals surface area contributed by atoms with Gasteiger partial charge in [0.1, 0.15) is 0 Å². The summed E-state index contributed by atoms with van der Waals surface area (Å²) in [5.74, 6) is 0.0625. The summed E-state index contributed by atoms with van der Waals surface area (Å²) < 4.78 is 0. The molecule has 0 saturated carbocycles. The number of hydrogen-bond donors (Lipinski definition) is 2. The lowest BCUT2D eigenvalue weighted by atomic mass is 9.99. The third-order valence-corrected chi connectivity index (χ3v) is 4.00. The number of aryl methyl sites for hydroxylation is 2. The smallest absolute Gasteiger partial charge is 0.224 e. The highest BCUT2D eigenvalue weighted by molar-refractivity contribution is 5.94. The van der Waals surface area contributed by atoms with Crippen molar-refractivity contribution in [2.45, 2.75) is 32.7 Å². The van der Waals surface area contributed by atoms with Crippen molar-refractivity contribution in [2.24, 2.45) is 0 Å². The molecule has 0 aliphatic carbocycles. The van der Waals surface area contributed by atoms with Crippen LogP contribution < -0.4 is 10.6 Å². The number of hydrogen-bond acceptors (Lipinski definition) is 2. The number of rotatable bonds is 4. The number of benzene rings is 2. The highest BCUT2D eigenvalue weighted by Gasteiger charge is 2.15. The lowest BCUT2D eigenvalue weighted by Gasteiger charge is -2.17. The van der Waals surface area contributed by atoms with Gasteiger partial charge in [0.2, 0.25) is 11.8 Å². The van der Waals surface area contributed by atoms with E-state index in [1.165, 1.54) is 5.56 Å². The molecule has 1 aliphatic heterocycles. The standard InChI is InChI=1S/C19H20N2O2/c1-13-3-2-4-15(9-13)12-20-19(23)11-14-5-7-17-16(10-14)6-8-18(22)21-17/h2-5,7,9-10H,6,8,11-12H2,1H3,(H,20,23)(H,21,22). The molecule has 2 aromatic carbocycles. The zero-order chi connectivity index (χ0) is 16.2. The van der Waals surface area contributed by atoms with Gasteiger partial charge in [-0.2, -0.15) is 0 Å². The minimum absolute atomic E-state index is 0.00583. The summed E-state index contributed by atoms with van der Waals surface area (Å²) in [6.45, 7) is 2.58. The summed E-state index contributed by atoms with van der Waals surface area (Å²) in [6.07, 6.45) is 1.60. The molecule has 4 heteroatoms. The second kappa shape index (κ2) is 6.65. The Balaban J connectivity index is 1.59. The van der Waals surface area contributed by atoms with Gasteiger partial charge in [0.05, 0.1) is 6.42 Å². The molecule has 0 aromatic heterocycles. The number of carbonyl (C=O) groups is 2. The Morgan fingerprint density at radius 2 is 2.00 bits per heavy atom. The van der Waals surface area contributed by atoms with Gasteiger partial charge in [-0.05, 0) is 36.1 Å². The molecular weight excluding hydrogens is 288 g/mol. The van der Waals surface area contributed by atoms with Crippen molar-refractivity contribution >= 4 is 17.5 Å². The van der Waals surface area contributed by atoms with Gasteiger partial charge in [-0.3, -0.25) is 9.59 Å². The van der Waals surface area contributed by atoms with E-state index in [9.17, 15) is 9.59 Å². The third kappa shape index (κ3) is 3.97. The molecule has 2 aromatic rings. The number of nitrogens with one attached hydrogen (secondary N) is 2. The van der Waals surface area contributed by atoms with Crippen molar-refractivity contribution in [3.05, 3.63) is 64.7 Å². The van der Waals surface area contributed by atoms with Crippen LogP contribution in [0.25, 0.3) is 0 Å². The van der Waals surface area contributed by atoms with Gasteiger partial charge < -0.3 is 10.6 Å². The van der Waals surface area contributed by atoms with Gasteiger partial charge in [0.25, 0.3) is 0 Å². The maximum Gasteiger partial charge on any atom is 0.224 e. The average molecular weight is 308 g/mol. The summed E-state index contributed by atoms with van der Waals surface area (Å²) in [5, 5.41) is 5.81. The van der Waals surface area contributed by atoms with Gasteiger partial charge in [-0.1, -0.05) is 42.0 Å². The van der Waals surface area contributed by atoms with Gasteiger partial charge >= 0.3 is 0 Å². The Labute approximate surface area is 135 Å². The van der Waals surface area contributed by atoms with Crippen LogP contribution in [-0.4, -0.2) is 11.8 Å². The topological polar surface area (TPSA) is 58.2 Å². The van der Waals surface area contributed by atoms with E-state index in [1.807, 2.05) is 43.3 Å². The molecule has 2 amide bonds. The molecule has 0 saturated heterocycles. The van der Waals surface area contributed by atoms with E-state index in [-0.39, 0.29) is 11.8 Å². The second-order valence-electron chi connectivity index (χ2n) is 5.98. The summed E-state index contributed by atoms with van der Waals surface area (Å²) in [5.41, 5.74) is 5.24. The Kier molecular flexibility index (Phi) is 4.42. The van der Waals surface area contributed by atoms with E-state index < -0.39 is 0 Å². The highest BCUT2D eigenvalue weighted by atomic mass is 16.2. The molecular formula is C19H20N2O2. The zero-order valence-corrected chi connectivity index (χ0v) is 13.2. The van der Waals surface area contributed by atoms with Crippen molar-refractivity contribution in [1.82, 2.24) is 5.32 Å². The van der Waals surface area contributed by atoms with E-state index in [0.29, 0.717) is 19.4 Å². The summed E-state index contributed by atoms with van der Waals surface area (Å²) in [6, 6.07) is 13.9. The van der Waals surface area contributed by atoms with E-state index in [2.05, 4.69) is 16.7 Å². The number of amides is 2. The van der Waals surface area contributed by atoms with Crippen LogP contribution in [0.3, 0.4) is 0 Å². The molecule has 0 spiro atoms. The minimum Gasteiger partial charge on any atom is -0.352 e. The summed E-state index contributed by atoms with van der Waals surface area (Å²) in [4.78, 5) is 23.5. The van der Waals surface area contributed by atoms with Crippen LogP contribution in [0.1, 0.15) is 28.7 Å². The molecule has 0 radical (unpaired) electrons. The monoisotopic (exact) mass is 308 g/mol. The first-order valence-corrected chi connectivity index (χ1v) is 7.84. The zero-order valence-electron chi connectivity index (χ0n) is 13.2. The first-order valence-electron chi connectivity index (χ1n) is 7.84. The average Bonchev–Trinajstić information content (AvgIpc) is 2.53. The molecule has 2 N–H and O–H groups in total. The van der Waals surface area contributed by atoms with Crippen molar-refractivity contribution in [3.63, 3.8) is 0 Å². The molecule has 4 nitrogen and oxygen atoms in total. The summed E-state index contributed by atoms with van der Waals surface area (Å²) in [7, 11) is 0. The molecule has 0 atom stereocenters. The predicted molar refractivity (Wildman–Crippen MR) is 90.1 cm³/mol. The van der Waals surface area contributed by atoms with Gasteiger partial charge in [0, 0.05) is 18.7 Å². The molecule has 0 unspecified atom stereocenters. The van der Waals surface area contributed by atoms with E-state index >= 15 is 0 Å². The third-order valence-electron chi connectivity index (χ3n) is 4.00. The predicted octanol–water partition coefficient (Wildman–Crippen LogP) is 2.74. The molecule has 0 bridgehead atoms. The second-order valence-corrected chi connectivity index (χ2v) is 5.98. The first-order chi connectivity index (χ1) is 11.1. The number of fused-ring (bicyclic) bond motifs is 1. The lowest BCUT2D eigenvalue weighted by molar-refractivity contribution is -0.120. The Morgan fingerprint density at radius 3 is 2.83 bits per heavy atom. The van der Waals surface area contributed by atoms with Crippen LogP contribution in [0.4, 0.5) is 5.69 Å².